The molecule has 3 heteroatoms. The number of nitrogens with zero attached hydrogens (tertiary/aromatic N) is 1. The second-order valence-electron chi connectivity index (χ2n) is 5.23. The molecular formula is C19H20FNO. The quantitative estimate of drug-likeness (QED) is 0.758. The van der Waals surface area contributed by atoms with E-state index >= 15 is 0 Å². The maximum atomic E-state index is 13.2. The maximum Gasteiger partial charge on any atom is 0.246 e. The van der Waals surface area contributed by atoms with Crippen LogP contribution in [0.25, 0.3) is 6.08 Å². The molecule has 22 heavy (non-hydrogen) atoms. The zero-order chi connectivity index (χ0) is 15.9. The molecule has 2 aromatic rings. The number of benzene rings is 2. The molecule has 0 aromatic heterocycles. The SMILES string of the molecule is CCN(Cc1cccc(F)c1)C(=O)/C=C/c1ccc(C)cc1. The summed E-state index contributed by atoms with van der Waals surface area (Å²) < 4.78 is 13.2. The van der Waals surface area contributed by atoms with Crippen LogP contribution in [-0.2, 0) is 11.3 Å². The van der Waals surface area contributed by atoms with Crippen molar-refractivity contribution in [3.63, 3.8) is 0 Å². The molecule has 2 aromatic carbocycles. The van der Waals surface area contributed by atoms with Crippen LogP contribution >= 0.6 is 0 Å². The first-order chi connectivity index (χ1) is 10.6. The van der Waals surface area contributed by atoms with E-state index in [1.54, 1.807) is 23.1 Å². The highest BCUT2D eigenvalue weighted by molar-refractivity contribution is 5.91. The molecule has 0 heterocycles. The number of hydrogen-bond acceptors (Lipinski definition) is 1. The number of amides is 1. The molecule has 0 saturated heterocycles. The summed E-state index contributed by atoms with van der Waals surface area (Å²) in [6.07, 6.45) is 3.36. The smallest absolute Gasteiger partial charge is 0.246 e. The summed E-state index contributed by atoms with van der Waals surface area (Å²) >= 11 is 0. The van der Waals surface area contributed by atoms with Gasteiger partial charge < -0.3 is 4.90 Å². The van der Waals surface area contributed by atoms with Crippen LogP contribution in [0.15, 0.2) is 54.6 Å². The number of carbonyl (C=O) groups excluding carboxylic acids is 1. The molecule has 0 saturated carbocycles. The van der Waals surface area contributed by atoms with Crippen molar-refractivity contribution < 1.29 is 9.18 Å². The van der Waals surface area contributed by atoms with E-state index in [2.05, 4.69) is 0 Å². The Hall–Kier alpha value is -2.42. The number of carbonyl (C=O) groups is 1. The van der Waals surface area contributed by atoms with Crippen LogP contribution in [0.5, 0.6) is 0 Å². The van der Waals surface area contributed by atoms with Crippen molar-refractivity contribution in [2.45, 2.75) is 20.4 Å². The largest absolute Gasteiger partial charge is 0.335 e. The normalized spacial score (nSPS) is 10.9. The van der Waals surface area contributed by atoms with E-state index in [-0.39, 0.29) is 11.7 Å². The van der Waals surface area contributed by atoms with Crippen molar-refractivity contribution in [2.75, 3.05) is 6.54 Å². The second kappa shape index (κ2) is 7.55. The molecule has 0 bridgehead atoms. The third-order valence-electron chi connectivity index (χ3n) is 3.45. The van der Waals surface area contributed by atoms with Gasteiger partial charge in [0, 0.05) is 19.2 Å². The first-order valence-electron chi connectivity index (χ1n) is 7.36. The van der Waals surface area contributed by atoms with Gasteiger partial charge in [-0.25, -0.2) is 4.39 Å². The van der Waals surface area contributed by atoms with Crippen molar-refractivity contribution in [1.82, 2.24) is 4.90 Å². The van der Waals surface area contributed by atoms with Crippen LogP contribution in [0.3, 0.4) is 0 Å². The van der Waals surface area contributed by atoms with Crippen molar-refractivity contribution in [3.8, 4) is 0 Å². The minimum atomic E-state index is -0.281. The third-order valence-corrected chi connectivity index (χ3v) is 3.45. The first kappa shape index (κ1) is 16.0. The monoisotopic (exact) mass is 297 g/mol. The predicted molar refractivity (Wildman–Crippen MR) is 87.7 cm³/mol. The van der Waals surface area contributed by atoms with Crippen molar-refractivity contribution in [1.29, 1.82) is 0 Å². The fraction of sp³-hybridized carbons (Fsp3) is 0.211. The zero-order valence-electron chi connectivity index (χ0n) is 12.9. The topological polar surface area (TPSA) is 20.3 Å². The van der Waals surface area contributed by atoms with E-state index in [0.29, 0.717) is 13.1 Å². The van der Waals surface area contributed by atoms with Gasteiger partial charge in [-0.3, -0.25) is 4.79 Å². The molecule has 0 fully saturated rings. The highest BCUT2D eigenvalue weighted by Gasteiger charge is 2.09. The van der Waals surface area contributed by atoms with Gasteiger partial charge in [0.2, 0.25) is 5.91 Å². The van der Waals surface area contributed by atoms with Gasteiger partial charge in [0.25, 0.3) is 0 Å². The Morgan fingerprint density at radius 1 is 1.18 bits per heavy atom. The average molecular weight is 297 g/mol. The zero-order valence-corrected chi connectivity index (χ0v) is 12.9. The molecule has 0 atom stereocenters. The van der Waals surface area contributed by atoms with Gasteiger partial charge in [-0.05, 0) is 43.2 Å². The van der Waals surface area contributed by atoms with Crippen molar-refractivity contribution in [3.05, 3.63) is 77.1 Å². The highest BCUT2D eigenvalue weighted by Crippen LogP contribution is 2.09. The summed E-state index contributed by atoms with van der Waals surface area (Å²) in [7, 11) is 0. The molecule has 0 N–H and O–H groups in total. The Kier molecular flexibility index (Phi) is 5.48. The minimum Gasteiger partial charge on any atom is -0.335 e. The molecule has 2 nitrogen and oxygen atoms in total. The predicted octanol–water partition coefficient (Wildman–Crippen LogP) is 4.20. The molecular weight excluding hydrogens is 277 g/mol. The molecule has 1 amide bonds. The van der Waals surface area contributed by atoms with Crippen LogP contribution in [-0.4, -0.2) is 17.4 Å². The number of hydrogen-bond donors (Lipinski definition) is 0. The molecule has 0 aliphatic carbocycles. The van der Waals surface area contributed by atoms with Crippen LogP contribution in [0.4, 0.5) is 4.39 Å². The Bertz CT molecular complexity index is 661. The van der Waals surface area contributed by atoms with E-state index in [1.165, 1.54) is 17.7 Å². The summed E-state index contributed by atoms with van der Waals surface area (Å²) in [5, 5.41) is 0. The number of halogens is 1. The van der Waals surface area contributed by atoms with Gasteiger partial charge >= 0.3 is 0 Å². The van der Waals surface area contributed by atoms with Gasteiger partial charge in [0.15, 0.2) is 0 Å². The number of rotatable bonds is 5. The Balaban J connectivity index is 2.03. The molecule has 114 valence electrons. The van der Waals surface area contributed by atoms with Crippen LogP contribution in [0.2, 0.25) is 0 Å². The van der Waals surface area contributed by atoms with Crippen LogP contribution in [0.1, 0.15) is 23.6 Å². The van der Waals surface area contributed by atoms with E-state index < -0.39 is 0 Å². The number of likely N-dealkylation sites (N-methyl/N-ethyl adjacent to an activating group) is 1. The van der Waals surface area contributed by atoms with E-state index in [0.717, 1.165) is 11.1 Å². The summed E-state index contributed by atoms with van der Waals surface area (Å²) in [4.78, 5) is 13.9. The Labute approximate surface area is 130 Å². The van der Waals surface area contributed by atoms with Gasteiger partial charge in [-0.2, -0.15) is 0 Å². The average Bonchev–Trinajstić information content (AvgIpc) is 2.52. The van der Waals surface area contributed by atoms with E-state index in [1.807, 2.05) is 44.2 Å². The fourth-order valence-electron chi connectivity index (χ4n) is 2.15. The summed E-state index contributed by atoms with van der Waals surface area (Å²) in [6.45, 7) is 4.92. The van der Waals surface area contributed by atoms with E-state index in [9.17, 15) is 9.18 Å². The lowest BCUT2D eigenvalue weighted by Crippen LogP contribution is -2.28. The molecule has 0 aliphatic rings. The fourth-order valence-corrected chi connectivity index (χ4v) is 2.15. The lowest BCUT2D eigenvalue weighted by molar-refractivity contribution is -0.126. The van der Waals surface area contributed by atoms with E-state index in [4.69, 9.17) is 0 Å². The minimum absolute atomic E-state index is 0.0765. The maximum absolute atomic E-state index is 13.2. The van der Waals surface area contributed by atoms with Gasteiger partial charge in [0.05, 0.1) is 0 Å². The Morgan fingerprint density at radius 3 is 2.55 bits per heavy atom. The summed E-state index contributed by atoms with van der Waals surface area (Å²) in [5.74, 6) is -0.358. The lowest BCUT2D eigenvalue weighted by Gasteiger charge is -2.19. The highest BCUT2D eigenvalue weighted by atomic mass is 19.1. The molecule has 0 radical (unpaired) electrons. The molecule has 0 unspecified atom stereocenters. The molecule has 0 spiro atoms. The van der Waals surface area contributed by atoms with Gasteiger partial charge in [-0.15, -0.1) is 0 Å². The van der Waals surface area contributed by atoms with Crippen molar-refractivity contribution >= 4 is 12.0 Å². The standard InChI is InChI=1S/C19H20FNO/c1-3-21(14-17-5-4-6-18(20)13-17)19(22)12-11-16-9-7-15(2)8-10-16/h4-13H,3,14H2,1-2H3/b12-11+. The second-order valence-corrected chi connectivity index (χ2v) is 5.23. The third kappa shape index (κ3) is 4.55. The summed E-state index contributed by atoms with van der Waals surface area (Å²) in [6, 6.07) is 14.3. The lowest BCUT2D eigenvalue weighted by atomic mass is 10.1. The number of aryl methyl sites for hydroxylation is 1. The first-order valence-corrected chi connectivity index (χ1v) is 7.36. The van der Waals surface area contributed by atoms with Crippen LogP contribution < -0.4 is 0 Å². The molecule has 0 aliphatic heterocycles. The van der Waals surface area contributed by atoms with Gasteiger partial charge in [-0.1, -0.05) is 42.0 Å². The van der Waals surface area contributed by atoms with Crippen LogP contribution in [0, 0.1) is 12.7 Å². The van der Waals surface area contributed by atoms with Crippen molar-refractivity contribution in [2.24, 2.45) is 0 Å². The summed E-state index contributed by atoms with van der Waals surface area (Å²) in [5.41, 5.74) is 2.96. The Morgan fingerprint density at radius 2 is 1.91 bits per heavy atom. The molecule has 2 rings (SSSR count). The van der Waals surface area contributed by atoms with Gasteiger partial charge in [0.1, 0.15) is 5.82 Å².